The van der Waals surface area contributed by atoms with E-state index in [-0.39, 0.29) is 35.8 Å². The van der Waals surface area contributed by atoms with Crippen LogP contribution in [0.3, 0.4) is 0 Å². The number of rotatable bonds is 8. The fourth-order valence-corrected chi connectivity index (χ4v) is 5.01. The van der Waals surface area contributed by atoms with Gasteiger partial charge in [0.15, 0.2) is 12.2 Å². The molecule has 0 radical (unpaired) electrons. The van der Waals surface area contributed by atoms with Crippen LogP contribution >= 0.6 is 28.1 Å². The molecule has 0 bridgehead atoms. The third kappa shape index (κ3) is 6.18. The fourth-order valence-electron chi connectivity index (χ4n) is 4.36. The predicted molar refractivity (Wildman–Crippen MR) is 158 cm³/mol. The Morgan fingerprint density at radius 3 is 2.49 bits per heavy atom. The van der Waals surface area contributed by atoms with Gasteiger partial charge >= 0.3 is 5.88 Å². The van der Waals surface area contributed by atoms with Gasteiger partial charge in [-0.1, -0.05) is 64.0 Å². The van der Waals surface area contributed by atoms with Crippen LogP contribution in [-0.4, -0.2) is 39.0 Å². The molecule has 5 rings (SSSR count). The lowest BCUT2D eigenvalue weighted by Gasteiger charge is -2.22. The Bertz CT molecular complexity index is 1620. The van der Waals surface area contributed by atoms with Gasteiger partial charge in [-0.2, -0.15) is 0 Å². The second kappa shape index (κ2) is 12.0. The maximum atomic E-state index is 13.8. The van der Waals surface area contributed by atoms with Crippen molar-refractivity contribution in [3.8, 4) is 0 Å². The molecule has 1 unspecified atom stereocenters. The van der Waals surface area contributed by atoms with E-state index >= 15 is 0 Å². The lowest BCUT2D eigenvalue weighted by atomic mass is 10.1. The summed E-state index contributed by atoms with van der Waals surface area (Å²) in [4.78, 5) is 34.1. The number of hydrogen-bond donors (Lipinski definition) is 1. The highest BCUT2D eigenvalue weighted by Gasteiger charge is 2.46. The number of benzene rings is 3. The van der Waals surface area contributed by atoms with E-state index in [9.17, 15) is 14.7 Å². The molecule has 0 spiro atoms. The lowest BCUT2D eigenvalue weighted by molar-refractivity contribution is -0.746. The molecule has 2 heterocycles. The van der Waals surface area contributed by atoms with Crippen LogP contribution < -0.4 is 20.0 Å². The molecule has 1 atom stereocenters. The van der Waals surface area contributed by atoms with Gasteiger partial charge in [0.1, 0.15) is 12.6 Å². The molecule has 4 aromatic rings. The van der Waals surface area contributed by atoms with Crippen LogP contribution in [0.2, 0.25) is 0 Å². The third-order valence-corrected chi connectivity index (χ3v) is 7.49. The number of aliphatic imine (C=N–C) groups is 1. The van der Waals surface area contributed by atoms with Crippen molar-refractivity contribution in [1.82, 2.24) is 10.2 Å². The zero-order valence-corrected chi connectivity index (χ0v) is 24.6. The molecule has 1 aromatic heterocycles. The second-order valence-electron chi connectivity index (χ2n) is 9.43. The van der Waals surface area contributed by atoms with Gasteiger partial charge in [0.05, 0.1) is 12.1 Å². The van der Waals surface area contributed by atoms with Gasteiger partial charge in [-0.25, -0.2) is 4.99 Å². The second-order valence-corrected chi connectivity index (χ2v) is 10.7. The first-order chi connectivity index (χ1) is 19.7. The Morgan fingerprint density at radius 1 is 1.12 bits per heavy atom. The maximum Gasteiger partial charge on any atom is 0.325 e. The molecule has 12 heteroatoms. The van der Waals surface area contributed by atoms with Crippen LogP contribution in [-0.2, 0) is 23.2 Å². The van der Waals surface area contributed by atoms with Crippen LogP contribution in [0.4, 0.5) is 17.3 Å². The minimum Gasteiger partial charge on any atom is -0.858 e. The molecule has 41 heavy (non-hydrogen) atoms. The van der Waals surface area contributed by atoms with Gasteiger partial charge < -0.3 is 15.3 Å². The number of nitrogens with one attached hydrogen (secondary N) is 1. The van der Waals surface area contributed by atoms with Crippen LogP contribution in [0.1, 0.15) is 23.2 Å². The van der Waals surface area contributed by atoms with E-state index in [0.717, 1.165) is 10.0 Å². The van der Waals surface area contributed by atoms with Gasteiger partial charge in [-0.3, -0.25) is 19.0 Å². The highest BCUT2D eigenvalue weighted by Crippen LogP contribution is 2.30. The topological polar surface area (TPSA) is 118 Å². The molecule has 10 nitrogen and oxygen atoms in total. The van der Waals surface area contributed by atoms with Gasteiger partial charge in [0, 0.05) is 10.2 Å². The number of aromatic nitrogens is 2. The molecule has 1 aliphatic rings. The number of amides is 2. The van der Waals surface area contributed by atoms with Crippen molar-refractivity contribution in [3.05, 3.63) is 100 Å². The van der Waals surface area contributed by atoms with E-state index in [4.69, 9.17) is 16.7 Å². The Kier molecular flexibility index (Phi) is 8.22. The first-order valence-electron chi connectivity index (χ1n) is 12.6. The molecular formula is C29H25BrN6O4S. The standard InChI is InChI=1S/C29H25BrN6O4S/c1-18-8-14-22(15-9-18)36-28(39)23(16-25(37)31-21-12-10-20(30)11-13-21)35(29(36)41)17-24-27(40-33-34(24)2)32-26(38)19-6-4-3-5-7-19/h3-15,23H,16-17H2,1-2H3,(H-,31,32,33,37,38). The summed E-state index contributed by atoms with van der Waals surface area (Å²) in [6.07, 6.45) is -0.165. The smallest absolute Gasteiger partial charge is 0.325 e. The highest BCUT2D eigenvalue weighted by molar-refractivity contribution is 9.10. The summed E-state index contributed by atoms with van der Waals surface area (Å²) in [5, 5.41) is 19.8. The third-order valence-electron chi connectivity index (χ3n) is 6.55. The molecule has 1 N–H and O–H groups in total. The molecule has 0 saturated carbocycles. The number of carbonyl (C=O) groups excluding carboxylic acids is 2. The summed E-state index contributed by atoms with van der Waals surface area (Å²) in [6.45, 7) is 1.97. The van der Waals surface area contributed by atoms with E-state index in [2.05, 4.69) is 31.5 Å². The number of halogens is 1. The van der Waals surface area contributed by atoms with Crippen molar-refractivity contribution in [2.75, 3.05) is 10.2 Å². The summed E-state index contributed by atoms with van der Waals surface area (Å²) in [5.41, 5.74) is 3.01. The van der Waals surface area contributed by atoms with Crippen molar-refractivity contribution in [2.45, 2.75) is 25.9 Å². The van der Waals surface area contributed by atoms with Crippen molar-refractivity contribution >= 4 is 68.2 Å². The Hall–Kier alpha value is -4.42. The molecule has 1 aliphatic heterocycles. The maximum absolute atomic E-state index is 13.8. The van der Waals surface area contributed by atoms with E-state index in [1.165, 1.54) is 9.58 Å². The number of thiocarbonyl (C=S) groups is 1. The fraction of sp³-hybridized carbons (Fsp3) is 0.172. The van der Waals surface area contributed by atoms with Crippen molar-refractivity contribution in [1.29, 1.82) is 0 Å². The largest absolute Gasteiger partial charge is 0.858 e. The monoisotopic (exact) mass is 632 g/mol. The van der Waals surface area contributed by atoms with Crippen molar-refractivity contribution in [2.24, 2.45) is 12.0 Å². The van der Waals surface area contributed by atoms with Crippen LogP contribution in [0.15, 0.2) is 92.9 Å². The molecule has 208 valence electrons. The van der Waals surface area contributed by atoms with E-state index in [0.29, 0.717) is 22.6 Å². The molecule has 2 amide bonds. The molecule has 1 saturated heterocycles. The zero-order valence-electron chi connectivity index (χ0n) is 22.2. The summed E-state index contributed by atoms with van der Waals surface area (Å²) in [6, 6.07) is 22.2. The minimum absolute atomic E-state index is 0.0107. The Morgan fingerprint density at radius 2 is 1.80 bits per heavy atom. The number of hydrogen-bond acceptors (Lipinski definition) is 7. The summed E-state index contributed by atoms with van der Waals surface area (Å²) in [7, 11) is 1.64. The first kappa shape index (κ1) is 28.1. The Balaban J connectivity index is 1.46. The summed E-state index contributed by atoms with van der Waals surface area (Å²) in [5.74, 6) is -1.22. The number of anilines is 2. The van der Waals surface area contributed by atoms with Crippen molar-refractivity contribution < 1.29 is 23.9 Å². The SMILES string of the molecule is Cc1ccc(N2C(=O)C(CC(=O)Nc3ccc(Br)cc3)N(Cc3c(/N=C(\[O-])c4ccccc4)on[n+]3C)C2=S)cc1. The highest BCUT2D eigenvalue weighted by atomic mass is 79.9. The Labute approximate surface area is 250 Å². The minimum atomic E-state index is -0.924. The summed E-state index contributed by atoms with van der Waals surface area (Å²) >= 11 is 9.17. The summed E-state index contributed by atoms with van der Waals surface area (Å²) < 4.78 is 7.67. The molecule has 1 fully saturated rings. The quantitative estimate of drug-likeness (QED) is 0.137. The van der Waals surface area contributed by atoms with E-state index < -0.39 is 11.9 Å². The van der Waals surface area contributed by atoms with E-state index in [1.807, 2.05) is 31.2 Å². The van der Waals surface area contributed by atoms with Crippen LogP contribution in [0.25, 0.3) is 0 Å². The number of aryl methyl sites for hydroxylation is 2. The number of carbonyl (C=O) groups is 2. The zero-order chi connectivity index (χ0) is 29.1. The molecular weight excluding hydrogens is 608 g/mol. The van der Waals surface area contributed by atoms with Gasteiger partial charge in [-0.15, -0.1) is 0 Å². The van der Waals surface area contributed by atoms with Gasteiger partial charge in [-0.05, 0) is 71.7 Å². The van der Waals surface area contributed by atoms with Gasteiger partial charge in [0.25, 0.3) is 11.6 Å². The van der Waals surface area contributed by atoms with Crippen molar-refractivity contribution in [3.63, 3.8) is 0 Å². The number of nitrogens with zero attached hydrogens (tertiary/aromatic N) is 5. The predicted octanol–water partition coefficient (Wildman–Crippen LogP) is 3.54. The van der Waals surface area contributed by atoms with Crippen LogP contribution in [0, 0.1) is 6.92 Å². The van der Waals surface area contributed by atoms with Crippen LogP contribution in [0.5, 0.6) is 0 Å². The normalized spacial score (nSPS) is 15.5. The lowest BCUT2D eigenvalue weighted by Crippen LogP contribution is -2.42. The average Bonchev–Trinajstić information content (AvgIpc) is 3.42. The van der Waals surface area contributed by atoms with E-state index in [1.54, 1.807) is 66.5 Å². The first-order valence-corrected chi connectivity index (χ1v) is 13.8. The molecule has 3 aromatic carbocycles. The molecule has 0 aliphatic carbocycles. The average molecular weight is 634 g/mol. The van der Waals surface area contributed by atoms with Gasteiger partial charge in [0.2, 0.25) is 11.2 Å².